The number of para-hydroxylation sites is 1. The van der Waals surface area contributed by atoms with Gasteiger partial charge in [-0.3, -0.25) is 0 Å². The van der Waals surface area contributed by atoms with E-state index < -0.39 is 10.0 Å². The Morgan fingerprint density at radius 2 is 1.57 bits per heavy atom. The Morgan fingerprint density at radius 3 is 2.14 bits per heavy atom. The number of hydrogen-bond donors (Lipinski definition) is 2. The first kappa shape index (κ1) is 20.9. The number of nitrogens with zero attached hydrogens (tertiary/aromatic N) is 2. The molecule has 0 atom stereocenters. The van der Waals surface area contributed by atoms with Crippen molar-refractivity contribution in [2.24, 2.45) is 5.73 Å². The zero-order valence-electron chi connectivity index (χ0n) is 16.4. The predicted octanol–water partition coefficient (Wildman–Crippen LogP) is 2.67. The Hall–Kier alpha value is -1.80. The van der Waals surface area contributed by atoms with Gasteiger partial charge in [-0.15, -0.1) is 0 Å². The number of nitrogens with two attached hydrogens (primary N) is 2. The maximum atomic E-state index is 12.8. The van der Waals surface area contributed by atoms with E-state index in [4.69, 9.17) is 11.5 Å². The van der Waals surface area contributed by atoms with E-state index in [2.05, 4.69) is 0 Å². The largest absolute Gasteiger partial charge is 0.398 e. The van der Waals surface area contributed by atoms with Gasteiger partial charge >= 0.3 is 6.03 Å². The lowest BCUT2D eigenvalue weighted by molar-refractivity contribution is 0.113. The molecule has 4 N–H and O–H groups in total. The minimum atomic E-state index is -3.44. The molecule has 2 amide bonds. The zero-order valence-corrected chi connectivity index (χ0v) is 17.2. The number of hydrogen-bond acceptors (Lipinski definition) is 4. The number of amides is 2. The summed E-state index contributed by atoms with van der Waals surface area (Å²) in [7, 11) is -3.44. The van der Waals surface area contributed by atoms with Gasteiger partial charge in [-0.2, -0.15) is 0 Å². The van der Waals surface area contributed by atoms with Crippen LogP contribution >= 0.6 is 0 Å². The maximum absolute atomic E-state index is 12.8. The van der Waals surface area contributed by atoms with Crippen LogP contribution in [0.2, 0.25) is 0 Å². The minimum Gasteiger partial charge on any atom is -0.398 e. The number of urea groups is 1. The first-order chi connectivity index (χ1) is 13.4. The van der Waals surface area contributed by atoms with Crippen molar-refractivity contribution >= 4 is 21.7 Å². The summed E-state index contributed by atoms with van der Waals surface area (Å²) in [4.78, 5) is 14.0. The van der Waals surface area contributed by atoms with Crippen LogP contribution in [0.4, 0.5) is 10.5 Å². The molecule has 1 heterocycles. The summed E-state index contributed by atoms with van der Waals surface area (Å²) in [5.74, 6) is -0.0908. The van der Waals surface area contributed by atoms with Gasteiger partial charge in [0.1, 0.15) is 0 Å². The number of sulfonamides is 1. The molecule has 0 bridgehead atoms. The van der Waals surface area contributed by atoms with Gasteiger partial charge in [-0.25, -0.2) is 17.5 Å². The van der Waals surface area contributed by atoms with Crippen LogP contribution in [0.3, 0.4) is 0 Å². The maximum Gasteiger partial charge on any atom is 0.315 e. The second kappa shape index (κ2) is 9.13. The molecule has 2 aliphatic rings. The second-order valence-electron chi connectivity index (χ2n) is 7.98. The molecule has 1 aliphatic heterocycles. The number of rotatable bonds is 5. The zero-order chi connectivity index (χ0) is 20.1. The molecule has 156 valence electrons. The summed E-state index contributed by atoms with van der Waals surface area (Å²) in [6.45, 7) is 0.826. The third-order valence-electron chi connectivity index (χ3n) is 6.08. The van der Waals surface area contributed by atoms with Crippen molar-refractivity contribution < 1.29 is 13.2 Å². The highest BCUT2D eigenvalue weighted by atomic mass is 32.2. The van der Waals surface area contributed by atoms with Gasteiger partial charge < -0.3 is 16.4 Å². The summed E-state index contributed by atoms with van der Waals surface area (Å²) in [5, 5.41) is 0. The van der Waals surface area contributed by atoms with Crippen molar-refractivity contribution in [3.63, 3.8) is 0 Å². The van der Waals surface area contributed by atoms with Gasteiger partial charge in [-0.1, -0.05) is 43.9 Å². The van der Waals surface area contributed by atoms with E-state index in [0.29, 0.717) is 37.2 Å². The Morgan fingerprint density at radius 1 is 1.00 bits per heavy atom. The quantitative estimate of drug-likeness (QED) is 0.576. The van der Waals surface area contributed by atoms with E-state index in [1.54, 1.807) is 24.3 Å². The molecule has 0 radical (unpaired) electrons. The molecule has 1 saturated carbocycles. The van der Waals surface area contributed by atoms with Crippen LogP contribution in [0.1, 0.15) is 56.9 Å². The summed E-state index contributed by atoms with van der Waals surface area (Å²) in [5.41, 5.74) is 12.8. The predicted molar refractivity (Wildman–Crippen MR) is 111 cm³/mol. The standard InChI is InChI=1S/C20H32N4O3S/c21-19-10-6-5-7-16(19)15-28(26,27)23-13-11-18(12-14-23)24(20(22)25)17-8-3-1-2-4-9-17/h5-7,10,17-18H,1-4,8-9,11-15,21H2,(H2,22,25). The number of benzene rings is 1. The number of primary amides is 1. The van der Waals surface area contributed by atoms with Crippen LogP contribution in [0, 0.1) is 0 Å². The highest BCUT2D eigenvalue weighted by Gasteiger charge is 2.35. The van der Waals surface area contributed by atoms with E-state index in [1.807, 2.05) is 4.90 Å². The molecule has 0 spiro atoms. The van der Waals surface area contributed by atoms with E-state index in [1.165, 1.54) is 17.1 Å². The summed E-state index contributed by atoms with van der Waals surface area (Å²) >= 11 is 0. The SMILES string of the molecule is NC(=O)N(C1CCCCCC1)C1CCN(S(=O)(=O)Cc2ccccc2N)CC1. The van der Waals surface area contributed by atoms with Crippen molar-refractivity contribution in [1.82, 2.24) is 9.21 Å². The second-order valence-corrected chi connectivity index (χ2v) is 9.95. The third-order valence-corrected chi connectivity index (χ3v) is 7.90. The summed E-state index contributed by atoms with van der Waals surface area (Å²) in [6, 6.07) is 6.90. The molecule has 8 heteroatoms. The van der Waals surface area contributed by atoms with Crippen LogP contribution < -0.4 is 11.5 Å². The van der Waals surface area contributed by atoms with E-state index >= 15 is 0 Å². The van der Waals surface area contributed by atoms with Gasteiger partial charge in [0.05, 0.1) is 5.75 Å². The average Bonchev–Trinajstić information content (AvgIpc) is 2.93. The Bertz CT molecular complexity index is 767. The number of carbonyl (C=O) groups is 1. The highest BCUT2D eigenvalue weighted by Crippen LogP contribution is 2.28. The van der Waals surface area contributed by atoms with Crippen LogP contribution in [-0.4, -0.2) is 48.8 Å². The Kier molecular flexibility index (Phi) is 6.82. The molecule has 1 saturated heterocycles. The molecule has 3 rings (SSSR count). The smallest absolute Gasteiger partial charge is 0.315 e. The van der Waals surface area contributed by atoms with E-state index in [0.717, 1.165) is 25.7 Å². The van der Waals surface area contributed by atoms with Crippen molar-refractivity contribution in [3.8, 4) is 0 Å². The lowest BCUT2D eigenvalue weighted by atomic mass is 9.99. The lowest BCUT2D eigenvalue weighted by Crippen LogP contribution is -2.54. The fraction of sp³-hybridized carbons (Fsp3) is 0.650. The molecule has 2 fully saturated rings. The molecule has 1 aromatic carbocycles. The molecule has 0 unspecified atom stereocenters. The van der Waals surface area contributed by atoms with E-state index in [9.17, 15) is 13.2 Å². The number of piperidine rings is 1. The molecular weight excluding hydrogens is 376 g/mol. The first-order valence-electron chi connectivity index (χ1n) is 10.3. The average molecular weight is 409 g/mol. The van der Waals surface area contributed by atoms with Crippen LogP contribution in [0.5, 0.6) is 0 Å². The van der Waals surface area contributed by atoms with Gasteiger partial charge in [0.15, 0.2) is 0 Å². The van der Waals surface area contributed by atoms with E-state index in [-0.39, 0.29) is 23.9 Å². The fourth-order valence-electron chi connectivity index (χ4n) is 4.55. The topological polar surface area (TPSA) is 110 Å². The lowest BCUT2D eigenvalue weighted by Gasteiger charge is -2.41. The van der Waals surface area contributed by atoms with Gasteiger partial charge in [0.2, 0.25) is 10.0 Å². The summed E-state index contributed by atoms with van der Waals surface area (Å²) in [6.07, 6.45) is 7.92. The van der Waals surface area contributed by atoms with Crippen molar-refractivity contribution in [2.75, 3.05) is 18.8 Å². The molecule has 1 aromatic rings. The summed E-state index contributed by atoms with van der Waals surface area (Å²) < 4.78 is 27.2. The monoisotopic (exact) mass is 408 g/mol. The van der Waals surface area contributed by atoms with Crippen molar-refractivity contribution in [3.05, 3.63) is 29.8 Å². The van der Waals surface area contributed by atoms with Crippen LogP contribution in [0.25, 0.3) is 0 Å². The fourth-order valence-corrected chi connectivity index (χ4v) is 6.15. The van der Waals surface area contributed by atoms with Crippen molar-refractivity contribution in [2.45, 2.75) is 69.2 Å². The first-order valence-corrected chi connectivity index (χ1v) is 11.9. The number of anilines is 1. The molecule has 0 aromatic heterocycles. The van der Waals surface area contributed by atoms with Gasteiger partial charge in [0.25, 0.3) is 0 Å². The number of nitrogen functional groups attached to an aromatic ring is 1. The molecular formula is C20H32N4O3S. The normalized spacial score (nSPS) is 20.6. The minimum absolute atomic E-state index is 0.0221. The molecule has 7 nitrogen and oxygen atoms in total. The molecule has 28 heavy (non-hydrogen) atoms. The molecule has 1 aliphatic carbocycles. The highest BCUT2D eigenvalue weighted by molar-refractivity contribution is 7.88. The Balaban J connectivity index is 1.63. The van der Waals surface area contributed by atoms with Crippen molar-refractivity contribution in [1.29, 1.82) is 0 Å². The van der Waals surface area contributed by atoms with Crippen LogP contribution in [0.15, 0.2) is 24.3 Å². The Labute approximate surface area is 168 Å². The number of carbonyl (C=O) groups excluding carboxylic acids is 1. The van der Waals surface area contributed by atoms with Gasteiger partial charge in [-0.05, 0) is 37.3 Å². The van der Waals surface area contributed by atoms with Gasteiger partial charge in [0, 0.05) is 30.9 Å². The van der Waals surface area contributed by atoms with Crippen LogP contribution in [-0.2, 0) is 15.8 Å². The third kappa shape index (κ3) is 4.97.